The van der Waals surface area contributed by atoms with Crippen LogP contribution in [0.2, 0.25) is 5.02 Å². The number of benzene rings is 2. The molecule has 0 amide bonds. The Morgan fingerprint density at radius 3 is 2.82 bits per heavy atom. The van der Waals surface area contributed by atoms with Crippen molar-refractivity contribution in [1.82, 2.24) is 24.5 Å². The molecule has 0 bridgehead atoms. The summed E-state index contributed by atoms with van der Waals surface area (Å²) in [5.74, 6) is 0. The number of hydrogen-bond acceptors (Lipinski definition) is 4. The van der Waals surface area contributed by atoms with Gasteiger partial charge in [-0.2, -0.15) is 5.26 Å². The minimum atomic E-state index is 0.421. The van der Waals surface area contributed by atoms with E-state index >= 15 is 0 Å². The normalized spacial score (nSPS) is 11.9. The smallest absolute Gasteiger partial charge is 0.162 e. The van der Waals surface area contributed by atoms with E-state index in [2.05, 4.69) is 27.4 Å². The molecular formula is C21H15ClN6. The van der Waals surface area contributed by atoms with Crippen LogP contribution in [-0.2, 0) is 12.8 Å². The number of hydrogen-bond donors (Lipinski definition) is 0. The van der Waals surface area contributed by atoms with Gasteiger partial charge in [0.2, 0.25) is 0 Å². The van der Waals surface area contributed by atoms with E-state index in [1.54, 1.807) is 6.33 Å². The van der Waals surface area contributed by atoms with Crippen LogP contribution in [0, 0.1) is 18.3 Å². The summed E-state index contributed by atoms with van der Waals surface area (Å²) >= 11 is 6.36. The van der Waals surface area contributed by atoms with Gasteiger partial charge in [0.05, 0.1) is 28.5 Å². The number of halogens is 1. The van der Waals surface area contributed by atoms with E-state index in [1.165, 1.54) is 0 Å². The van der Waals surface area contributed by atoms with E-state index in [1.807, 2.05) is 52.6 Å². The zero-order valence-corrected chi connectivity index (χ0v) is 15.9. The summed E-state index contributed by atoms with van der Waals surface area (Å²) in [4.78, 5) is 4.30. The van der Waals surface area contributed by atoms with Crippen molar-refractivity contribution < 1.29 is 0 Å². The van der Waals surface area contributed by atoms with Gasteiger partial charge in [0.25, 0.3) is 0 Å². The highest BCUT2D eigenvalue weighted by Gasteiger charge is 2.26. The standard InChI is InChI=1S/C21H15ClN6/c1-13-6-7-18-21(8-13)28-20(10-19-17(11-23)24-12-27(18)19)16(25-26-28)9-14-4-2-3-5-15(14)22/h2-8,12H,9-10H2,1H3. The molecule has 1 aliphatic rings. The average Bonchev–Trinajstić information content (AvgIpc) is 3.25. The van der Waals surface area contributed by atoms with Gasteiger partial charge in [0, 0.05) is 17.9 Å². The average molecular weight is 387 g/mol. The summed E-state index contributed by atoms with van der Waals surface area (Å²) < 4.78 is 3.85. The third-order valence-corrected chi connectivity index (χ3v) is 5.45. The lowest BCUT2D eigenvalue weighted by atomic mass is 10.1. The van der Waals surface area contributed by atoms with Gasteiger partial charge < -0.3 is 0 Å². The molecule has 1 aliphatic heterocycles. The van der Waals surface area contributed by atoms with E-state index in [4.69, 9.17) is 11.6 Å². The first-order chi connectivity index (χ1) is 13.7. The van der Waals surface area contributed by atoms with Gasteiger partial charge in [-0.3, -0.25) is 4.57 Å². The molecular weight excluding hydrogens is 372 g/mol. The van der Waals surface area contributed by atoms with Crippen molar-refractivity contribution in [1.29, 1.82) is 5.26 Å². The Morgan fingerprint density at radius 2 is 2.00 bits per heavy atom. The maximum Gasteiger partial charge on any atom is 0.162 e. The zero-order chi connectivity index (χ0) is 19.3. The van der Waals surface area contributed by atoms with E-state index < -0.39 is 0 Å². The molecule has 0 aliphatic carbocycles. The van der Waals surface area contributed by atoms with Gasteiger partial charge in [-0.25, -0.2) is 9.67 Å². The molecule has 5 rings (SSSR count). The van der Waals surface area contributed by atoms with Crippen LogP contribution < -0.4 is 0 Å². The topological polar surface area (TPSA) is 72.3 Å². The molecule has 0 saturated heterocycles. The molecule has 0 radical (unpaired) electrons. The van der Waals surface area contributed by atoms with Crippen molar-refractivity contribution in [2.45, 2.75) is 19.8 Å². The van der Waals surface area contributed by atoms with E-state index in [0.29, 0.717) is 23.6 Å². The summed E-state index contributed by atoms with van der Waals surface area (Å²) in [5.41, 5.74) is 7.03. The lowest BCUT2D eigenvalue weighted by molar-refractivity contribution is 0.776. The summed E-state index contributed by atoms with van der Waals surface area (Å²) in [6, 6.07) is 16.1. The van der Waals surface area contributed by atoms with E-state index in [0.717, 1.165) is 39.6 Å². The maximum absolute atomic E-state index is 9.52. The first-order valence-electron chi connectivity index (χ1n) is 8.90. The first kappa shape index (κ1) is 16.7. The fraction of sp³-hybridized carbons (Fsp3) is 0.143. The number of nitriles is 1. The Kier molecular flexibility index (Phi) is 3.78. The lowest BCUT2D eigenvalue weighted by Gasteiger charge is -2.10. The molecule has 0 saturated carbocycles. The molecule has 0 atom stereocenters. The minimum Gasteiger partial charge on any atom is -0.299 e. The van der Waals surface area contributed by atoms with Gasteiger partial charge in [-0.05, 0) is 36.2 Å². The van der Waals surface area contributed by atoms with Crippen LogP contribution in [0.1, 0.15) is 33.9 Å². The number of fused-ring (bicyclic) bond motifs is 5. The highest BCUT2D eigenvalue weighted by atomic mass is 35.5. The number of aromatic nitrogens is 5. The second-order valence-corrected chi connectivity index (χ2v) is 7.26. The first-order valence-corrected chi connectivity index (χ1v) is 9.28. The molecule has 2 aromatic carbocycles. The van der Waals surface area contributed by atoms with Crippen molar-refractivity contribution in [3.8, 4) is 17.4 Å². The predicted molar refractivity (Wildman–Crippen MR) is 105 cm³/mol. The van der Waals surface area contributed by atoms with Crippen LogP contribution in [-0.4, -0.2) is 24.5 Å². The van der Waals surface area contributed by atoms with E-state index in [9.17, 15) is 5.26 Å². The van der Waals surface area contributed by atoms with Crippen molar-refractivity contribution >= 4 is 11.6 Å². The number of imidazole rings is 1. The van der Waals surface area contributed by atoms with Gasteiger partial charge >= 0.3 is 0 Å². The molecule has 4 aromatic rings. The van der Waals surface area contributed by atoms with Crippen LogP contribution in [0.4, 0.5) is 0 Å². The molecule has 136 valence electrons. The minimum absolute atomic E-state index is 0.421. The third-order valence-electron chi connectivity index (χ3n) is 5.09. The van der Waals surface area contributed by atoms with Crippen LogP contribution >= 0.6 is 11.6 Å². The summed E-state index contributed by atoms with van der Waals surface area (Å²) in [5, 5.41) is 19.1. The van der Waals surface area contributed by atoms with Crippen molar-refractivity contribution in [3.63, 3.8) is 0 Å². The van der Waals surface area contributed by atoms with Gasteiger partial charge in [-0.15, -0.1) is 5.10 Å². The second kappa shape index (κ2) is 6.32. The van der Waals surface area contributed by atoms with Crippen LogP contribution in [0.5, 0.6) is 0 Å². The number of rotatable bonds is 2. The highest BCUT2D eigenvalue weighted by molar-refractivity contribution is 6.31. The number of nitrogens with zero attached hydrogens (tertiary/aromatic N) is 6. The SMILES string of the molecule is Cc1ccc2c(c1)-n1nnc(Cc3ccccc3Cl)c1Cc1c(C#N)ncn1-2. The van der Waals surface area contributed by atoms with E-state index in [-0.39, 0.29) is 0 Å². The predicted octanol–water partition coefficient (Wildman–Crippen LogP) is 3.78. The molecule has 6 nitrogen and oxygen atoms in total. The van der Waals surface area contributed by atoms with Crippen LogP contribution in [0.25, 0.3) is 11.4 Å². The Bertz CT molecular complexity index is 1260. The fourth-order valence-corrected chi connectivity index (χ4v) is 3.87. The molecule has 2 aromatic heterocycles. The third kappa shape index (κ3) is 2.52. The quantitative estimate of drug-likeness (QED) is 0.463. The maximum atomic E-state index is 9.52. The largest absolute Gasteiger partial charge is 0.299 e. The highest BCUT2D eigenvalue weighted by Crippen LogP contribution is 2.31. The number of aryl methyl sites for hydroxylation is 1. The molecule has 28 heavy (non-hydrogen) atoms. The lowest BCUT2D eigenvalue weighted by Crippen LogP contribution is -2.04. The van der Waals surface area contributed by atoms with Crippen molar-refractivity contribution in [2.75, 3.05) is 0 Å². The van der Waals surface area contributed by atoms with Crippen LogP contribution in [0.15, 0.2) is 48.8 Å². The van der Waals surface area contributed by atoms with Gasteiger partial charge in [0.15, 0.2) is 5.69 Å². The van der Waals surface area contributed by atoms with Gasteiger partial charge in [-0.1, -0.05) is 41.1 Å². The Balaban J connectivity index is 1.73. The monoisotopic (exact) mass is 386 g/mol. The molecule has 0 spiro atoms. The molecule has 0 unspecified atom stereocenters. The summed E-state index contributed by atoms with van der Waals surface area (Å²) in [6.45, 7) is 2.04. The summed E-state index contributed by atoms with van der Waals surface area (Å²) in [6.07, 6.45) is 2.80. The van der Waals surface area contributed by atoms with Gasteiger partial charge in [0.1, 0.15) is 12.4 Å². The fourth-order valence-electron chi connectivity index (χ4n) is 3.67. The molecule has 7 heteroatoms. The summed E-state index contributed by atoms with van der Waals surface area (Å²) in [7, 11) is 0. The molecule has 0 fully saturated rings. The second-order valence-electron chi connectivity index (χ2n) is 6.85. The van der Waals surface area contributed by atoms with Crippen molar-refractivity contribution in [2.24, 2.45) is 0 Å². The zero-order valence-electron chi connectivity index (χ0n) is 15.1. The molecule has 0 N–H and O–H groups in total. The Labute approximate surface area is 166 Å². The van der Waals surface area contributed by atoms with Crippen LogP contribution in [0.3, 0.4) is 0 Å². The van der Waals surface area contributed by atoms with Crippen molar-refractivity contribution in [3.05, 3.63) is 87.7 Å². The molecule has 3 heterocycles. The Morgan fingerprint density at radius 1 is 1.14 bits per heavy atom. The Hall–Kier alpha value is -3.43.